The largest absolute Gasteiger partial charge is 0.316 e. The Labute approximate surface area is 195 Å². The number of halogens is 3. The first-order valence-corrected chi connectivity index (χ1v) is 11.3. The van der Waals surface area contributed by atoms with Crippen LogP contribution in [0.4, 0.5) is 0 Å². The van der Waals surface area contributed by atoms with Crippen molar-refractivity contribution in [2.24, 2.45) is 5.10 Å². The van der Waals surface area contributed by atoms with Crippen LogP contribution in [0.25, 0.3) is 5.69 Å². The Bertz CT molecular complexity index is 1080. The molecule has 1 aromatic heterocycles. The lowest BCUT2D eigenvalue weighted by Crippen LogP contribution is -2.17. The van der Waals surface area contributed by atoms with Crippen LogP contribution in [0, 0.1) is 13.8 Å². The molecule has 0 saturated heterocycles. The SMILES string of the molecule is Cc1cc(/C=N/NC(=O)CCSc2ccc(Cl)cc2)c(C)n1-c1cc(Cl)ccc1Cl. The van der Waals surface area contributed by atoms with Crippen LogP contribution in [-0.2, 0) is 4.79 Å². The van der Waals surface area contributed by atoms with Crippen molar-refractivity contribution in [1.29, 1.82) is 0 Å². The van der Waals surface area contributed by atoms with Crippen molar-refractivity contribution in [3.8, 4) is 5.69 Å². The van der Waals surface area contributed by atoms with E-state index in [1.54, 1.807) is 30.1 Å². The summed E-state index contributed by atoms with van der Waals surface area (Å²) < 4.78 is 2.01. The van der Waals surface area contributed by atoms with E-state index in [1.807, 2.05) is 54.8 Å². The van der Waals surface area contributed by atoms with Gasteiger partial charge in [0.1, 0.15) is 0 Å². The van der Waals surface area contributed by atoms with Gasteiger partial charge in [0, 0.05) is 44.1 Å². The third-order valence-electron chi connectivity index (χ3n) is 4.42. The first-order valence-electron chi connectivity index (χ1n) is 9.20. The van der Waals surface area contributed by atoms with Gasteiger partial charge in [-0.1, -0.05) is 34.8 Å². The number of nitrogens with zero attached hydrogens (tertiary/aromatic N) is 2. The highest BCUT2D eigenvalue weighted by atomic mass is 35.5. The first-order chi connectivity index (χ1) is 14.3. The molecule has 0 radical (unpaired) electrons. The first kappa shape index (κ1) is 22.8. The number of aromatic nitrogens is 1. The highest BCUT2D eigenvalue weighted by Crippen LogP contribution is 2.28. The molecule has 0 unspecified atom stereocenters. The topological polar surface area (TPSA) is 46.4 Å². The molecule has 8 heteroatoms. The van der Waals surface area contributed by atoms with Crippen molar-refractivity contribution in [3.63, 3.8) is 0 Å². The third kappa shape index (κ3) is 5.82. The Balaban J connectivity index is 1.59. The van der Waals surface area contributed by atoms with E-state index in [1.165, 1.54) is 0 Å². The zero-order chi connectivity index (χ0) is 21.7. The average Bonchev–Trinajstić information content (AvgIpc) is 2.99. The highest BCUT2D eigenvalue weighted by Gasteiger charge is 2.12. The number of amides is 1. The van der Waals surface area contributed by atoms with E-state index in [0.29, 0.717) is 27.2 Å². The van der Waals surface area contributed by atoms with Crippen LogP contribution < -0.4 is 5.43 Å². The summed E-state index contributed by atoms with van der Waals surface area (Å²) in [6.07, 6.45) is 2.00. The van der Waals surface area contributed by atoms with Crippen LogP contribution in [-0.4, -0.2) is 22.4 Å². The van der Waals surface area contributed by atoms with Gasteiger partial charge in [0.05, 0.1) is 16.9 Å². The molecule has 1 N–H and O–H groups in total. The number of aryl methyl sites for hydroxylation is 1. The molecule has 156 valence electrons. The molecular formula is C22H20Cl3N3OS. The zero-order valence-electron chi connectivity index (χ0n) is 16.5. The Kier molecular flexibility index (Phi) is 7.89. The van der Waals surface area contributed by atoms with Gasteiger partial charge in [0.15, 0.2) is 0 Å². The van der Waals surface area contributed by atoms with Crippen LogP contribution in [0.1, 0.15) is 23.4 Å². The molecule has 1 heterocycles. The molecule has 2 aromatic carbocycles. The molecular weight excluding hydrogens is 461 g/mol. The van der Waals surface area contributed by atoms with Crippen molar-refractivity contribution in [2.45, 2.75) is 25.2 Å². The number of rotatable bonds is 7. The number of carbonyl (C=O) groups is 1. The van der Waals surface area contributed by atoms with Crippen molar-refractivity contribution >= 4 is 58.7 Å². The van der Waals surface area contributed by atoms with Crippen LogP contribution in [0.3, 0.4) is 0 Å². The maximum Gasteiger partial charge on any atom is 0.240 e. The third-order valence-corrected chi connectivity index (χ3v) is 6.24. The summed E-state index contributed by atoms with van der Waals surface area (Å²) in [5.41, 5.74) is 6.22. The van der Waals surface area contributed by atoms with Crippen molar-refractivity contribution in [2.75, 3.05) is 5.75 Å². The minimum absolute atomic E-state index is 0.139. The van der Waals surface area contributed by atoms with E-state index in [2.05, 4.69) is 10.5 Å². The van der Waals surface area contributed by atoms with Gasteiger partial charge in [-0.2, -0.15) is 5.10 Å². The number of benzene rings is 2. The molecule has 0 fully saturated rings. The molecule has 3 rings (SSSR count). The van der Waals surface area contributed by atoms with E-state index >= 15 is 0 Å². The summed E-state index contributed by atoms with van der Waals surface area (Å²) >= 11 is 20.0. The summed E-state index contributed by atoms with van der Waals surface area (Å²) in [5, 5.41) is 6.02. The number of thioether (sulfide) groups is 1. The van der Waals surface area contributed by atoms with Gasteiger partial charge in [-0.05, 0) is 62.4 Å². The summed E-state index contributed by atoms with van der Waals surface area (Å²) in [7, 11) is 0. The Hall–Kier alpha value is -1.92. The van der Waals surface area contributed by atoms with Gasteiger partial charge in [0.25, 0.3) is 0 Å². The lowest BCUT2D eigenvalue weighted by atomic mass is 10.2. The van der Waals surface area contributed by atoms with E-state index in [-0.39, 0.29) is 5.91 Å². The molecule has 0 bridgehead atoms. The second-order valence-corrected chi connectivity index (χ2v) is 9.05. The molecule has 0 atom stereocenters. The van der Waals surface area contributed by atoms with Crippen molar-refractivity contribution < 1.29 is 4.79 Å². The van der Waals surface area contributed by atoms with Gasteiger partial charge in [-0.3, -0.25) is 4.79 Å². The highest BCUT2D eigenvalue weighted by molar-refractivity contribution is 7.99. The second kappa shape index (κ2) is 10.4. The Morgan fingerprint density at radius 3 is 2.50 bits per heavy atom. The van der Waals surface area contributed by atoms with E-state index in [9.17, 15) is 4.79 Å². The smallest absolute Gasteiger partial charge is 0.240 e. The van der Waals surface area contributed by atoms with Crippen molar-refractivity contribution in [1.82, 2.24) is 9.99 Å². The molecule has 1 amide bonds. The monoisotopic (exact) mass is 479 g/mol. The van der Waals surface area contributed by atoms with Crippen LogP contribution in [0.15, 0.2) is 58.5 Å². The molecule has 0 spiro atoms. The number of hydrazone groups is 1. The number of nitrogens with one attached hydrogen (secondary N) is 1. The Morgan fingerprint density at radius 2 is 1.77 bits per heavy atom. The fourth-order valence-electron chi connectivity index (χ4n) is 2.97. The number of hydrogen-bond acceptors (Lipinski definition) is 3. The molecule has 0 aliphatic heterocycles. The minimum atomic E-state index is -0.139. The van der Waals surface area contributed by atoms with Gasteiger partial charge < -0.3 is 4.57 Å². The van der Waals surface area contributed by atoms with E-state index in [4.69, 9.17) is 34.8 Å². The molecule has 4 nitrogen and oxygen atoms in total. The zero-order valence-corrected chi connectivity index (χ0v) is 19.5. The van der Waals surface area contributed by atoms with Crippen LogP contribution >= 0.6 is 46.6 Å². The van der Waals surface area contributed by atoms with E-state index in [0.717, 1.165) is 27.5 Å². The summed E-state index contributed by atoms with van der Waals surface area (Å²) in [5.74, 6) is 0.518. The van der Waals surface area contributed by atoms with E-state index < -0.39 is 0 Å². The summed E-state index contributed by atoms with van der Waals surface area (Å²) in [4.78, 5) is 13.1. The lowest BCUT2D eigenvalue weighted by Gasteiger charge is -2.12. The fourth-order valence-corrected chi connectivity index (χ4v) is 4.31. The lowest BCUT2D eigenvalue weighted by molar-refractivity contribution is -0.120. The van der Waals surface area contributed by atoms with Crippen molar-refractivity contribution in [3.05, 3.63) is 80.6 Å². The van der Waals surface area contributed by atoms with Crippen LogP contribution in [0.5, 0.6) is 0 Å². The van der Waals surface area contributed by atoms with Gasteiger partial charge in [-0.15, -0.1) is 11.8 Å². The molecule has 3 aromatic rings. The predicted octanol–water partition coefficient (Wildman–Crippen LogP) is 6.69. The normalized spacial score (nSPS) is 11.2. The standard InChI is InChI=1S/C22H20Cl3N3OS/c1-14-11-16(15(2)28(14)21-12-18(24)5-8-20(21)25)13-26-27-22(29)9-10-30-19-6-3-17(23)4-7-19/h3-8,11-13H,9-10H2,1-2H3,(H,27,29)/b26-13+. The predicted molar refractivity (Wildman–Crippen MR) is 128 cm³/mol. The quantitative estimate of drug-likeness (QED) is 0.233. The number of hydrogen-bond donors (Lipinski definition) is 1. The summed E-state index contributed by atoms with van der Waals surface area (Å²) in [6.45, 7) is 3.95. The summed E-state index contributed by atoms with van der Waals surface area (Å²) in [6, 6.07) is 14.9. The second-order valence-electron chi connectivity index (χ2n) is 6.60. The molecule has 0 aliphatic carbocycles. The average molecular weight is 481 g/mol. The maximum absolute atomic E-state index is 12.0. The molecule has 0 saturated carbocycles. The fraction of sp³-hybridized carbons (Fsp3) is 0.182. The Morgan fingerprint density at radius 1 is 1.07 bits per heavy atom. The van der Waals surface area contributed by atoms with Gasteiger partial charge in [-0.25, -0.2) is 5.43 Å². The number of carbonyl (C=O) groups excluding carboxylic acids is 1. The minimum Gasteiger partial charge on any atom is -0.316 e. The van der Waals surface area contributed by atoms with Gasteiger partial charge in [0.2, 0.25) is 5.91 Å². The molecule has 0 aliphatic rings. The molecule has 30 heavy (non-hydrogen) atoms. The van der Waals surface area contributed by atoms with Crippen LogP contribution in [0.2, 0.25) is 15.1 Å². The van der Waals surface area contributed by atoms with Gasteiger partial charge >= 0.3 is 0 Å². The maximum atomic E-state index is 12.0.